The standard InChI is InChI=1S/C19H19N3O2S/c23-18-11-10-17(20-22(18)15-5-2-1-3-6-15)19(24)21(14-8-9-14)13-16-7-4-12-25-16/h1-7,12,14H,8-11,13H2. The van der Waals surface area contributed by atoms with Gasteiger partial charge in [-0.3, -0.25) is 9.59 Å². The molecular formula is C19H19N3O2S. The summed E-state index contributed by atoms with van der Waals surface area (Å²) in [5.41, 5.74) is 1.18. The third-order valence-electron chi connectivity index (χ3n) is 4.44. The van der Waals surface area contributed by atoms with E-state index < -0.39 is 0 Å². The van der Waals surface area contributed by atoms with Crippen molar-refractivity contribution in [2.24, 2.45) is 5.10 Å². The molecule has 0 saturated heterocycles. The molecule has 1 aliphatic carbocycles. The number of anilines is 1. The number of carbonyl (C=O) groups excluding carboxylic acids is 2. The summed E-state index contributed by atoms with van der Waals surface area (Å²) in [5, 5.41) is 7.80. The van der Waals surface area contributed by atoms with Gasteiger partial charge in [-0.1, -0.05) is 24.3 Å². The summed E-state index contributed by atoms with van der Waals surface area (Å²) in [7, 11) is 0. The lowest BCUT2D eigenvalue weighted by atomic mass is 10.1. The van der Waals surface area contributed by atoms with Gasteiger partial charge < -0.3 is 4.90 Å². The maximum atomic E-state index is 13.1. The zero-order chi connectivity index (χ0) is 17.2. The van der Waals surface area contributed by atoms with Crippen molar-refractivity contribution in [1.29, 1.82) is 0 Å². The average Bonchev–Trinajstić information content (AvgIpc) is 3.36. The Bertz CT molecular complexity index is 797. The smallest absolute Gasteiger partial charge is 0.270 e. The number of hydrogen-bond donors (Lipinski definition) is 0. The molecule has 0 radical (unpaired) electrons. The number of hydrogen-bond acceptors (Lipinski definition) is 4. The minimum atomic E-state index is -0.0704. The maximum Gasteiger partial charge on any atom is 0.270 e. The second-order valence-electron chi connectivity index (χ2n) is 6.33. The van der Waals surface area contributed by atoms with E-state index in [0.29, 0.717) is 36.8 Å². The van der Waals surface area contributed by atoms with Gasteiger partial charge in [0, 0.05) is 23.8 Å². The highest BCUT2D eigenvalue weighted by atomic mass is 32.1. The first kappa shape index (κ1) is 16.0. The van der Waals surface area contributed by atoms with Crippen LogP contribution in [0.2, 0.25) is 0 Å². The molecule has 6 heteroatoms. The Hall–Kier alpha value is -2.47. The van der Waals surface area contributed by atoms with E-state index >= 15 is 0 Å². The van der Waals surface area contributed by atoms with Gasteiger partial charge in [0.1, 0.15) is 5.71 Å². The van der Waals surface area contributed by atoms with Crippen molar-refractivity contribution in [3.63, 3.8) is 0 Å². The molecule has 0 bridgehead atoms. The van der Waals surface area contributed by atoms with E-state index in [1.54, 1.807) is 11.3 Å². The van der Waals surface area contributed by atoms with Gasteiger partial charge in [0.05, 0.1) is 12.2 Å². The van der Waals surface area contributed by atoms with Gasteiger partial charge in [-0.15, -0.1) is 11.3 Å². The van der Waals surface area contributed by atoms with Crippen LogP contribution in [0.4, 0.5) is 5.69 Å². The van der Waals surface area contributed by atoms with Crippen LogP contribution in [0, 0.1) is 0 Å². The van der Waals surface area contributed by atoms with Gasteiger partial charge in [-0.25, -0.2) is 5.01 Å². The fraction of sp³-hybridized carbons (Fsp3) is 0.316. The largest absolute Gasteiger partial charge is 0.329 e. The molecule has 2 aliphatic rings. The SMILES string of the molecule is O=C1CCC(C(=O)N(Cc2cccs2)C2CC2)=NN1c1ccccc1. The van der Waals surface area contributed by atoms with Crippen LogP contribution < -0.4 is 5.01 Å². The number of nitrogens with zero attached hydrogens (tertiary/aromatic N) is 3. The zero-order valence-corrected chi connectivity index (χ0v) is 14.6. The second kappa shape index (κ2) is 6.80. The summed E-state index contributed by atoms with van der Waals surface area (Å²) in [4.78, 5) is 28.4. The highest BCUT2D eigenvalue weighted by Gasteiger charge is 2.36. The van der Waals surface area contributed by atoms with Crippen LogP contribution in [0.1, 0.15) is 30.6 Å². The van der Waals surface area contributed by atoms with Crippen LogP contribution in [0.3, 0.4) is 0 Å². The summed E-state index contributed by atoms with van der Waals surface area (Å²) in [5.74, 6) is -0.108. The van der Waals surface area contributed by atoms with Crippen molar-refractivity contribution in [3.8, 4) is 0 Å². The molecule has 0 N–H and O–H groups in total. The molecule has 2 aromatic rings. The van der Waals surface area contributed by atoms with Crippen molar-refractivity contribution >= 4 is 34.6 Å². The maximum absolute atomic E-state index is 13.1. The summed E-state index contributed by atoms with van der Waals surface area (Å²) in [6, 6.07) is 13.6. The molecule has 0 unspecified atom stereocenters. The third-order valence-corrected chi connectivity index (χ3v) is 5.30. The lowest BCUT2D eigenvalue weighted by Gasteiger charge is -2.27. The molecule has 1 aromatic heterocycles. The molecule has 1 aliphatic heterocycles. The van der Waals surface area contributed by atoms with Crippen LogP contribution in [0.15, 0.2) is 52.9 Å². The number of hydrazone groups is 1. The number of carbonyl (C=O) groups is 2. The van der Waals surface area contributed by atoms with E-state index in [-0.39, 0.29) is 11.8 Å². The quantitative estimate of drug-likeness (QED) is 0.827. The van der Waals surface area contributed by atoms with E-state index in [1.165, 1.54) is 9.89 Å². The Morgan fingerprint density at radius 3 is 2.64 bits per heavy atom. The van der Waals surface area contributed by atoms with Crippen LogP contribution in [0.25, 0.3) is 0 Å². The first-order valence-corrected chi connectivity index (χ1v) is 9.39. The van der Waals surface area contributed by atoms with Gasteiger partial charge in [0.15, 0.2) is 0 Å². The van der Waals surface area contributed by atoms with E-state index in [0.717, 1.165) is 12.8 Å². The molecule has 0 atom stereocenters. The lowest BCUT2D eigenvalue weighted by molar-refractivity contribution is -0.125. The van der Waals surface area contributed by atoms with Crippen LogP contribution in [-0.2, 0) is 16.1 Å². The monoisotopic (exact) mass is 353 g/mol. The Kier molecular flexibility index (Phi) is 4.36. The second-order valence-corrected chi connectivity index (χ2v) is 7.36. The molecule has 25 heavy (non-hydrogen) atoms. The third kappa shape index (κ3) is 3.49. The van der Waals surface area contributed by atoms with Crippen molar-refractivity contribution in [3.05, 3.63) is 52.7 Å². The van der Waals surface area contributed by atoms with Crippen LogP contribution in [0.5, 0.6) is 0 Å². The van der Waals surface area contributed by atoms with Crippen molar-refractivity contribution in [2.45, 2.75) is 38.3 Å². The van der Waals surface area contributed by atoms with Crippen molar-refractivity contribution in [2.75, 3.05) is 5.01 Å². The molecule has 1 saturated carbocycles. The molecule has 5 nitrogen and oxygen atoms in total. The highest BCUT2D eigenvalue weighted by Crippen LogP contribution is 2.30. The van der Waals surface area contributed by atoms with Gasteiger partial charge in [0.25, 0.3) is 5.91 Å². The number of para-hydroxylation sites is 1. The lowest BCUT2D eigenvalue weighted by Crippen LogP contribution is -2.42. The first-order chi connectivity index (χ1) is 12.2. The molecule has 0 spiro atoms. The average molecular weight is 353 g/mol. The van der Waals surface area contributed by atoms with Crippen LogP contribution >= 0.6 is 11.3 Å². The summed E-state index contributed by atoms with van der Waals surface area (Å²) in [6.07, 6.45) is 2.82. The topological polar surface area (TPSA) is 53.0 Å². The fourth-order valence-corrected chi connectivity index (χ4v) is 3.67. The Balaban J connectivity index is 1.58. The molecule has 1 aromatic carbocycles. The van der Waals surface area contributed by atoms with E-state index in [9.17, 15) is 9.59 Å². The number of amides is 2. The van der Waals surface area contributed by atoms with Crippen molar-refractivity contribution < 1.29 is 9.59 Å². The fourth-order valence-electron chi connectivity index (χ4n) is 2.97. The Morgan fingerprint density at radius 2 is 1.96 bits per heavy atom. The predicted molar refractivity (Wildman–Crippen MR) is 98.5 cm³/mol. The molecule has 4 rings (SSSR count). The first-order valence-electron chi connectivity index (χ1n) is 8.51. The molecular weight excluding hydrogens is 334 g/mol. The number of thiophene rings is 1. The van der Waals surface area contributed by atoms with E-state index in [1.807, 2.05) is 46.7 Å². The van der Waals surface area contributed by atoms with Crippen molar-refractivity contribution in [1.82, 2.24) is 4.90 Å². The minimum absolute atomic E-state index is 0.0377. The molecule has 1 fully saturated rings. The predicted octanol–water partition coefficient (Wildman–Crippen LogP) is 3.42. The van der Waals surface area contributed by atoms with Gasteiger partial charge in [-0.2, -0.15) is 5.10 Å². The summed E-state index contributed by atoms with van der Waals surface area (Å²) < 4.78 is 0. The summed E-state index contributed by atoms with van der Waals surface area (Å²) in [6.45, 7) is 0.624. The van der Waals surface area contributed by atoms with Gasteiger partial charge in [0.2, 0.25) is 5.91 Å². The Labute approximate surface area is 150 Å². The molecule has 2 amide bonds. The van der Waals surface area contributed by atoms with Crippen LogP contribution in [-0.4, -0.2) is 28.5 Å². The normalized spacial score (nSPS) is 17.4. The number of rotatable bonds is 5. The van der Waals surface area contributed by atoms with E-state index in [4.69, 9.17) is 0 Å². The van der Waals surface area contributed by atoms with Gasteiger partial charge >= 0.3 is 0 Å². The summed E-state index contributed by atoms with van der Waals surface area (Å²) >= 11 is 1.66. The number of benzene rings is 1. The Morgan fingerprint density at radius 1 is 1.16 bits per heavy atom. The molecule has 2 heterocycles. The minimum Gasteiger partial charge on any atom is -0.329 e. The van der Waals surface area contributed by atoms with Gasteiger partial charge in [-0.05, 0) is 36.4 Å². The zero-order valence-electron chi connectivity index (χ0n) is 13.8. The molecule has 128 valence electrons. The van der Waals surface area contributed by atoms with E-state index in [2.05, 4.69) is 11.2 Å². The highest BCUT2D eigenvalue weighted by molar-refractivity contribution is 7.09.